The van der Waals surface area contributed by atoms with Gasteiger partial charge in [-0.1, -0.05) is 42.5 Å². The Balaban J connectivity index is 1.37. The molecule has 2 N–H and O–H groups in total. The van der Waals surface area contributed by atoms with Gasteiger partial charge in [0, 0.05) is 25.1 Å². The number of nitrogens with one attached hydrogen (secondary N) is 1. The quantitative estimate of drug-likeness (QED) is 0.396. The van der Waals surface area contributed by atoms with E-state index in [-0.39, 0.29) is 11.4 Å². The third kappa shape index (κ3) is 4.03. The molecule has 8 heteroatoms. The second-order valence-electron chi connectivity index (χ2n) is 7.21. The van der Waals surface area contributed by atoms with Crippen molar-refractivity contribution in [3.05, 3.63) is 96.4 Å². The van der Waals surface area contributed by atoms with E-state index in [9.17, 15) is 10.4 Å². The van der Waals surface area contributed by atoms with Crippen molar-refractivity contribution in [2.75, 3.05) is 5.32 Å². The Labute approximate surface area is 189 Å². The van der Waals surface area contributed by atoms with Crippen molar-refractivity contribution in [1.29, 1.82) is 5.26 Å². The summed E-state index contributed by atoms with van der Waals surface area (Å²) in [6.07, 6.45) is 4.89. The van der Waals surface area contributed by atoms with Crippen LogP contribution >= 0.6 is 0 Å². The lowest BCUT2D eigenvalue weighted by Gasteiger charge is -2.07. The minimum Gasteiger partial charge on any atom is -0.493 e. The van der Waals surface area contributed by atoms with Crippen LogP contribution in [0.2, 0.25) is 0 Å². The lowest BCUT2D eigenvalue weighted by molar-refractivity contribution is 0.438. The molecule has 3 heterocycles. The van der Waals surface area contributed by atoms with E-state index in [2.05, 4.69) is 26.5 Å². The molecule has 0 aliphatic heterocycles. The second kappa shape index (κ2) is 8.69. The number of anilines is 1. The number of aromatic nitrogens is 4. The van der Waals surface area contributed by atoms with E-state index >= 15 is 0 Å². The first kappa shape index (κ1) is 20.0. The lowest BCUT2D eigenvalue weighted by Crippen LogP contribution is -2.01. The van der Waals surface area contributed by atoms with Gasteiger partial charge in [-0.2, -0.15) is 9.78 Å². The molecule has 0 saturated heterocycles. The highest BCUT2D eigenvalue weighted by molar-refractivity contribution is 5.74. The third-order valence-electron chi connectivity index (χ3n) is 5.08. The van der Waals surface area contributed by atoms with Gasteiger partial charge < -0.3 is 15.2 Å². The Bertz CT molecular complexity index is 1440. The normalized spacial score (nSPS) is 10.6. The van der Waals surface area contributed by atoms with Crippen molar-refractivity contribution in [3.63, 3.8) is 0 Å². The summed E-state index contributed by atoms with van der Waals surface area (Å²) in [7, 11) is 0. The van der Waals surface area contributed by atoms with Gasteiger partial charge in [0.2, 0.25) is 5.88 Å². The Morgan fingerprint density at radius 2 is 1.70 bits per heavy atom. The van der Waals surface area contributed by atoms with Crippen molar-refractivity contribution in [3.8, 4) is 34.6 Å². The number of pyridine rings is 1. The maximum atomic E-state index is 10.8. The summed E-state index contributed by atoms with van der Waals surface area (Å²) in [6, 6.07) is 22.7. The zero-order chi connectivity index (χ0) is 22.6. The minimum atomic E-state index is -0.0756. The van der Waals surface area contributed by atoms with Crippen LogP contribution in [0.15, 0.2) is 85.3 Å². The van der Waals surface area contributed by atoms with Gasteiger partial charge in [0.15, 0.2) is 11.5 Å². The second-order valence-corrected chi connectivity index (χ2v) is 7.21. The number of hydrogen-bond donors (Lipinski definition) is 2. The van der Waals surface area contributed by atoms with Crippen LogP contribution < -0.4 is 10.1 Å². The molecule has 0 aliphatic carbocycles. The molecule has 5 aromatic rings. The first-order valence-electron chi connectivity index (χ1n) is 10.2. The number of rotatable bonds is 6. The van der Waals surface area contributed by atoms with Gasteiger partial charge in [0.05, 0.1) is 5.56 Å². The van der Waals surface area contributed by atoms with Crippen LogP contribution in [0.5, 0.6) is 17.4 Å². The van der Waals surface area contributed by atoms with Crippen molar-refractivity contribution in [2.24, 2.45) is 0 Å². The molecule has 0 saturated carbocycles. The maximum Gasteiger partial charge on any atom is 0.223 e. The molecule has 0 bridgehead atoms. The Morgan fingerprint density at radius 1 is 0.970 bits per heavy atom. The largest absolute Gasteiger partial charge is 0.493 e. The molecule has 0 atom stereocenters. The molecule has 2 aromatic carbocycles. The highest BCUT2D eigenvalue weighted by Gasteiger charge is 2.18. The number of benzene rings is 2. The molecule has 3 aromatic heterocycles. The van der Waals surface area contributed by atoms with E-state index < -0.39 is 0 Å². The fourth-order valence-electron chi connectivity index (χ4n) is 3.43. The van der Waals surface area contributed by atoms with E-state index in [4.69, 9.17) is 4.74 Å². The maximum absolute atomic E-state index is 10.8. The molecule has 0 amide bonds. The van der Waals surface area contributed by atoms with Crippen molar-refractivity contribution in [2.45, 2.75) is 6.54 Å². The zero-order valence-electron chi connectivity index (χ0n) is 17.4. The Morgan fingerprint density at radius 3 is 2.42 bits per heavy atom. The number of nitriles is 1. The fourth-order valence-corrected chi connectivity index (χ4v) is 3.43. The van der Waals surface area contributed by atoms with Crippen LogP contribution in [0.3, 0.4) is 0 Å². The van der Waals surface area contributed by atoms with Crippen LogP contribution in [0.1, 0.15) is 11.1 Å². The predicted octanol–water partition coefficient (Wildman–Crippen LogP) is 4.77. The monoisotopic (exact) mass is 434 g/mol. The average Bonchev–Trinajstić information content (AvgIpc) is 3.23. The van der Waals surface area contributed by atoms with Gasteiger partial charge >= 0.3 is 0 Å². The molecule has 33 heavy (non-hydrogen) atoms. The van der Waals surface area contributed by atoms with E-state index in [1.807, 2.05) is 54.6 Å². The summed E-state index contributed by atoms with van der Waals surface area (Å²) in [5.74, 6) is 1.69. The van der Waals surface area contributed by atoms with Gasteiger partial charge in [-0.25, -0.2) is 4.98 Å². The smallest absolute Gasteiger partial charge is 0.223 e. The van der Waals surface area contributed by atoms with Crippen molar-refractivity contribution in [1.82, 2.24) is 19.6 Å². The highest BCUT2D eigenvalue weighted by Crippen LogP contribution is 2.31. The topological polar surface area (TPSA) is 108 Å². The molecule has 0 radical (unpaired) electrons. The number of nitrogens with zero attached hydrogens (tertiary/aromatic N) is 5. The highest BCUT2D eigenvalue weighted by atomic mass is 16.5. The number of hydrogen-bond acceptors (Lipinski definition) is 7. The van der Waals surface area contributed by atoms with Crippen LogP contribution in [-0.2, 0) is 6.54 Å². The average molecular weight is 434 g/mol. The molecule has 0 aliphatic rings. The van der Waals surface area contributed by atoms with Gasteiger partial charge in [-0.05, 0) is 35.4 Å². The van der Waals surface area contributed by atoms with E-state index in [1.54, 1.807) is 30.7 Å². The van der Waals surface area contributed by atoms with Crippen LogP contribution in [0.4, 0.5) is 5.82 Å². The molecule has 5 rings (SSSR count). The minimum absolute atomic E-state index is 0.0756. The van der Waals surface area contributed by atoms with Gasteiger partial charge in [-0.15, -0.1) is 5.10 Å². The number of aromatic hydroxyl groups is 1. The molecule has 0 spiro atoms. The summed E-state index contributed by atoms with van der Waals surface area (Å²) in [5, 5.41) is 28.0. The fraction of sp³-hybridized carbons (Fsp3) is 0.0400. The SMILES string of the molecule is N#Cc1c(NCc2ccc(Oc3ccncc3)cc2)nn2c(O)c(-c3ccccc3)cnc12. The summed E-state index contributed by atoms with van der Waals surface area (Å²) in [6.45, 7) is 0.431. The summed E-state index contributed by atoms with van der Waals surface area (Å²) < 4.78 is 7.06. The van der Waals surface area contributed by atoms with Crippen LogP contribution in [0.25, 0.3) is 16.8 Å². The van der Waals surface area contributed by atoms with Gasteiger partial charge in [0.1, 0.15) is 23.1 Å². The summed E-state index contributed by atoms with van der Waals surface area (Å²) in [4.78, 5) is 8.34. The number of ether oxygens (including phenoxy) is 1. The molecule has 160 valence electrons. The first-order valence-corrected chi connectivity index (χ1v) is 10.2. The molecule has 0 unspecified atom stereocenters. The summed E-state index contributed by atoms with van der Waals surface area (Å²) in [5.41, 5.74) is 2.87. The first-order chi connectivity index (χ1) is 16.2. The zero-order valence-corrected chi connectivity index (χ0v) is 17.4. The van der Waals surface area contributed by atoms with E-state index in [0.29, 0.717) is 35.1 Å². The lowest BCUT2D eigenvalue weighted by atomic mass is 10.1. The molecule has 0 fully saturated rings. The van der Waals surface area contributed by atoms with Crippen molar-refractivity contribution >= 4 is 11.5 Å². The van der Waals surface area contributed by atoms with E-state index in [0.717, 1.165) is 11.1 Å². The number of fused-ring (bicyclic) bond motifs is 1. The molecular weight excluding hydrogens is 416 g/mol. The summed E-state index contributed by atoms with van der Waals surface area (Å²) >= 11 is 0. The molecule has 8 nitrogen and oxygen atoms in total. The van der Waals surface area contributed by atoms with Crippen LogP contribution in [-0.4, -0.2) is 24.7 Å². The third-order valence-corrected chi connectivity index (χ3v) is 5.08. The van der Waals surface area contributed by atoms with Gasteiger partial charge in [0.25, 0.3) is 0 Å². The standard InChI is InChI=1S/C25H18N6O2/c26-14-21-23(28-15-17-6-8-19(9-7-17)33-20-10-12-27-13-11-20)30-31-24(21)29-16-22(25(31)32)18-4-2-1-3-5-18/h1-13,16,32H,15H2,(H,28,30). The Kier molecular flexibility index (Phi) is 5.27. The van der Waals surface area contributed by atoms with Crippen molar-refractivity contribution < 1.29 is 9.84 Å². The van der Waals surface area contributed by atoms with Crippen LogP contribution in [0, 0.1) is 11.3 Å². The Hall–Kier alpha value is -4.90. The predicted molar refractivity (Wildman–Crippen MR) is 123 cm³/mol. The molecular formula is C25H18N6O2. The van der Waals surface area contributed by atoms with E-state index in [1.165, 1.54) is 4.52 Å². The van der Waals surface area contributed by atoms with Gasteiger partial charge in [-0.3, -0.25) is 4.98 Å².